The number of ketones is 1. The third-order valence-electron chi connectivity index (χ3n) is 3.09. The highest BCUT2D eigenvalue weighted by molar-refractivity contribution is 6.08. The summed E-state index contributed by atoms with van der Waals surface area (Å²) in [5, 5.41) is 0. The second kappa shape index (κ2) is 6.14. The minimum Gasteiger partial charge on any atom is -0.289 e. The van der Waals surface area contributed by atoms with Crippen molar-refractivity contribution in [1.82, 2.24) is 0 Å². The smallest absolute Gasteiger partial charge is 0.193 e. The highest BCUT2D eigenvalue weighted by Gasteiger charge is 2.07. The van der Waals surface area contributed by atoms with E-state index in [9.17, 15) is 4.79 Å². The Hall–Kier alpha value is -2.15. The predicted octanol–water partition coefficient (Wildman–Crippen LogP) is 4.43. The lowest BCUT2D eigenvalue weighted by molar-refractivity contribution is 0.103. The Morgan fingerprint density at radius 1 is 0.947 bits per heavy atom. The Morgan fingerprint density at radius 2 is 1.53 bits per heavy atom. The van der Waals surface area contributed by atoms with Crippen molar-refractivity contribution in [2.45, 2.75) is 19.8 Å². The van der Waals surface area contributed by atoms with Crippen LogP contribution in [-0.4, -0.2) is 5.78 Å². The SMILES string of the molecule is C=C(C)CCc1ccc(C(=O)c2ccccc2)cc1. The summed E-state index contributed by atoms with van der Waals surface area (Å²) in [5.41, 5.74) is 3.90. The summed E-state index contributed by atoms with van der Waals surface area (Å²) in [7, 11) is 0. The predicted molar refractivity (Wildman–Crippen MR) is 79.5 cm³/mol. The van der Waals surface area contributed by atoms with Gasteiger partial charge in [0.2, 0.25) is 0 Å². The normalized spacial score (nSPS) is 10.2. The Kier molecular flexibility index (Phi) is 4.30. The van der Waals surface area contributed by atoms with Crippen molar-refractivity contribution >= 4 is 5.78 Å². The molecule has 2 aromatic carbocycles. The van der Waals surface area contributed by atoms with E-state index in [2.05, 4.69) is 6.58 Å². The fraction of sp³-hybridized carbons (Fsp3) is 0.167. The molecule has 0 amide bonds. The van der Waals surface area contributed by atoms with E-state index >= 15 is 0 Å². The molecular formula is C18H18O. The second-order valence-electron chi connectivity index (χ2n) is 4.85. The van der Waals surface area contributed by atoms with Gasteiger partial charge in [0.25, 0.3) is 0 Å². The van der Waals surface area contributed by atoms with Gasteiger partial charge in [0.15, 0.2) is 5.78 Å². The molecule has 0 radical (unpaired) electrons. The molecule has 0 aromatic heterocycles. The third kappa shape index (κ3) is 3.65. The maximum absolute atomic E-state index is 12.2. The topological polar surface area (TPSA) is 17.1 Å². The molecule has 1 heteroatoms. The molecule has 0 fully saturated rings. The summed E-state index contributed by atoms with van der Waals surface area (Å²) in [6, 6.07) is 17.2. The van der Waals surface area contributed by atoms with Crippen LogP contribution >= 0.6 is 0 Å². The molecule has 0 bridgehead atoms. The second-order valence-corrected chi connectivity index (χ2v) is 4.85. The largest absolute Gasteiger partial charge is 0.289 e. The molecule has 0 unspecified atom stereocenters. The van der Waals surface area contributed by atoms with Crippen LogP contribution in [0.1, 0.15) is 34.8 Å². The van der Waals surface area contributed by atoms with Crippen molar-refractivity contribution in [3.8, 4) is 0 Å². The highest BCUT2D eigenvalue weighted by atomic mass is 16.1. The molecule has 0 aliphatic rings. The van der Waals surface area contributed by atoms with Gasteiger partial charge in [0, 0.05) is 11.1 Å². The van der Waals surface area contributed by atoms with E-state index in [0.29, 0.717) is 0 Å². The fourth-order valence-corrected chi connectivity index (χ4v) is 1.94. The van der Waals surface area contributed by atoms with Crippen LogP contribution in [0.3, 0.4) is 0 Å². The van der Waals surface area contributed by atoms with Gasteiger partial charge in [-0.2, -0.15) is 0 Å². The van der Waals surface area contributed by atoms with Gasteiger partial charge in [-0.3, -0.25) is 4.79 Å². The number of rotatable bonds is 5. The van der Waals surface area contributed by atoms with Gasteiger partial charge in [0.05, 0.1) is 0 Å². The third-order valence-corrected chi connectivity index (χ3v) is 3.09. The van der Waals surface area contributed by atoms with Crippen LogP contribution in [-0.2, 0) is 6.42 Å². The summed E-state index contributed by atoms with van der Waals surface area (Å²) >= 11 is 0. The molecule has 0 aliphatic heterocycles. The van der Waals surface area contributed by atoms with Crippen LogP contribution in [0.15, 0.2) is 66.7 Å². The number of carbonyl (C=O) groups is 1. The number of hydrogen-bond donors (Lipinski definition) is 0. The van der Waals surface area contributed by atoms with Crippen LogP contribution in [0, 0.1) is 0 Å². The van der Waals surface area contributed by atoms with Crippen LogP contribution in [0.2, 0.25) is 0 Å². The van der Waals surface area contributed by atoms with E-state index in [1.807, 2.05) is 61.5 Å². The molecule has 2 aromatic rings. The first-order valence-corrected chi connectivity index (χ1v) is 6.50. The molecule has 0 aliphatic carbocycles. The van der Waals surface area contributed by atoms with Crippen LogP contribution in [0.5, 0.6) is 0 Å². The van der Waals surface area contributed by atoms with Gasteiger partial charge in [-0.05, 0) is 25.3 Å². The Labute approximate surface area is 114 Å². The zero-order chi connectivity index (χ0) is 13.7. The molecular weight excluding hydrogens is 232 g/mol. The Bertz CT molecular complexity index is 564. The summed E-state index contributed by atoms with van der Waals surface area (Å²) in [5.74, 6) is 0.0760. The van der Waals surface area contributed by atoms with E-state index in [1.165, 1.54) is 11.1 Å². The molecule has 0 N–H and O–H groups in total. The lowest BCUT2D eigenvalue weighted by atomic mass is 10.00. The molecule has 1 nitrogen and oxygen atoms in total. The van der Waals surface area contributed by atoms with E-state index in [-0.39, 0.29) is 5.78 Å². The molecule has 96 valence electrons. The van der Waals surface area contributed by atoms with Crippen LogP contribution in [0.4, 0.5) is 0 Å². The van der Waals surface area contributed by atoms with E-state index in [1.54, 1.807) is 0 Å². The molecule has 0 heterocycles. The first kappa shape index (κ1) is 13.3. The van der Waals surface area contributed by atoms with Crippen molar-refractivity contribution in [2.24, 2.45) is 0 Å². The molecule has 0 spiro atoms. The van der Waals surface area contributed by atoms with Gasteiger partial charge in [0.1, 0.15) is 0 Å². The minimum absolute atomic E-state index is 0.0760. The van der Waals surface area contributed by atoms with E-state index in [0.717, 1.165) is 24.0 Å². The van der Waals surface area contributed by atoms with Crippen molar-refractivity contribution in [3.05, 3.63) is 83.4 Å². The minimum atomic E-state index is 0.0760. The van der Waals surface area contributed by atoms with E-state index in [4.69, 9.17) is 0 Å². The average Bonchev–Trinajstić information content (AvgIpc) is 2.46. The lowest BCUT2D eigenvalue weighted by Crippen LogP contribution is -2.01. The first-order valence-electron chi connectivity index (χ1n) is 6.50. The number of hydrogen-bond acceptors (Lipinski definition) is 1. The van der Waals surface area contributed by atoms with Crippen LogP contribution in [0.25, 0.3) is 0 Å². The number of allylic oxidation sites excluding steroid dienone is 1. The van der Waals surface area contributed by atoms with Gasteiger partial charge >= 0.3 is 0 Å². The quantitative estimate of drug-likeness (QED) is 0.567. The molecule has 0 atom stereocenters. The zero-order valence-corrected chi connectivity index (χ0v) is 11.2. The Morgan fingerprint density at radius 3 is 2.11 bits per heavy atom. The van der Waals surface area contributed by atoms with Crippen molar-refractivity contribution in [3.63, 3.8) is 0 Å². The zero-order valence-electron chi connectivity index (χ0n) is 11.2. The van der Waals surface area contributed by atoms with Gasteiger partial charge in [-0.25, -0.2) is 0 Å². The van der Waals surface area contributed by atoms with Crippen molar-refractivity contribution in [2.75, 3.05) is 0 Å². The van der Waals surface area contributed by atoms with Crippen LogP contribution < -0.4 is 0 Å². The first-order chi connectivity index (χ1) is 9.16. The molecule has 2 rings (SSSR count). The lowest BCUT2D eigenvalue weighted by Gasteiger charge is -2.04. The average molecular weight is 250 g/mol. The summed E-state index contributed by atoms with van der Waals surface area (Å²) in [6.45, 7) is 5.94. The van der Waals surface area contributed by atoms with Gasteiger partial charge < -0.3 is 0 Å². The van der Waals surface area contributed by atoms with E-state index < -0.39 is 0 Å². The monoisotopic (exact) mass is 250 g/mol. The van der Waals surface area contributed by atoms with Gasteiger partial charge in [-0.1, -0.05) is 60.2 Å². The maximum atomic E-state index is 12.2. The number of benzene rings is 2. The number of aryl methyl sites for hydroxylation is 1. The fourth-order valence-electron chi connectivity index (χ4n) is 1.94. The Balaban J connectivity index is 2.10. The molecule has 0 saturated heterocycles. The summed E-state index contributed by atoms with van der Waals surface area (Å²) in [6.07, 6.45) is 1.97. The standard InChI is InChI=1S/C18H18O/c1-14(2)8-9-15-10-12-17(13-11-15)18(19)16-6-4-3-5-7-16/h3-7,10-13H,1,8-9H2,2H3. The van der Waals surface area contributed by atoms with Crippen molar-refractivity contribution in [1.29, 1.82) is 0 Å². The summed E-state index contributed by atoms with van der Waals surface area (Å²) in [4.78, 5) is 12.2. The number of carbonyl (C=O) groups excluding carboxylic acids is 1. The maximum Gasteiger partial charge on any atom is 0.193 e. The highest BCUT2D eigenvalue weighted by Crippen LogP contribution is 2.13. The molecule has 0 saturated carbocycles. The van der Waals surface area contributed by atoms with Crippen molar-refractivity contribution < 1.29 is 4.79 Å². The van der Waals surface area contributed by atoms with Gasteiger partial charge in [-0.15, -0.1) is 6.58 Å². The molecule has 19 heavy (non-hydrogen) atoms. The summed E-state index contributed by atoms with van der Waals surface area (Å²) < 4.78 is 0.